The predicted octanol–water partition coefficient (Wildman–Crippen LogP) is 1.22. The SMILES string of the molecule is CN(C(=O)c1cnc(-c2ccn[nH]2)nc1)C1C[C@H]2CC[C@@H](C1)N2. The second kappa shape index (κ2) is 5.73. The third-order valence-corrected chi connectivity index (χ3v) is 4.96. The van der Waals surface area contributed by atoms with E-state index in [2.05, 4.69) is 25.5 Å². The normalized spacial score (nSPS) is 26.2. The Morgan fingerprint density at radius 3 is 2.52 bits per heavy atom. The number of fused-ring (bicyclic) bond motifs is 2. The van der Waals surface area contributed by atoms with Crippen molar-refractivity contribution < 1.29 is 4.79 Å². The number of amides is 1. The van der Waals surface area contributed by atoms with Crippen LogP contribution >= 0.6 is 0 Å². The second-order valence-corrected chi connectivity index (χ2v) is 6.44. The standard InChI is InChI=1S/C16H20N6O/c1-22(13-6-11-2-3-12(7-13)20-11)16(23)10-8-17-15(18-9-10)14-4-5-19-21-14/h4-5,8-9,11-13,20H,2-3,6-7H2,1H3,(H,19,21)/t11-,12+,13?. The summed E-state index contributed by atoms with van der Waals surface area (Å²) in [6, 6.07) is 3.22. The Bertz CT molecular complexity index is 671. The molecule has 2 saturated heterocycles. The highest BCUT2D eigenvalue weighted by atomic mass is 16.2. The highest BCUT2D eigenvalue weighted by Gasteiger charge is 2.36. The zero-order valence-electron chi connectivity index (χ0n) is 13.1. The zero-order chi connectivity index (χ0) is 15.8. The molecule has 2 fully saturated rings. The van der Waals surface area contributed by atoms with Gasteiger partial charge in [0.2, 0.25) is 0 Å². The first-order chi connectivity index (χ1) is 11.2. The first-order valence-corrected chi connectivity index (χ1v) is 8.05. The molecular weight excluding hydrogens is 292 g/mol. The molecule has 1 unspecified atom stereocenters. The maximum absolute atomic E-state index is 12.7. The van der Waals surface area contributed by atoms with Crippen LogP contribution in [-0.4, -0.2) is 56.1 Å². The molecule has 7 heteroatoms. The van der Waals surface area contributed by atoms with E-state index in [9.17, 15) is 4.79 Å². The van der Waals surface area contributed by atoms with E-state index in [0.717, 1.165) is 18.5 Å². The topological polar surface area (TPSA) is 86.8 Å². The average molecular weight is 312 g/mol. The third-order valence-electron chi connectivity index (χ3n) is 4.96. The van der Waals surface area contributed by atoms with Crippen LogP contribution in [0, 0.1) is 0 Å². The summed E-state index contributed by atoms with van der Waals surface area (Å²) in [6.45, 7) is 0. The number of aromatic nitrogens is 4. The molecule has 7 nitrogen and oxygen atoms in total. The number of nitrogens with zero attached hydrogens (tertiary/aromatic N) is 4. The number of rotatable bonds is 3. The van der Waals surface area contributed by atoms with Gasteiger partial charge in [-0.3, -0.25) is 9.89 Å². The fourth-order valence-corrected chi connectivity index (χ4v) is 3.67. The van der Waals surface area contributed by atoms with Gasteiger partial charge in [0.1, 0.15) is 5.69 Å². The predicted molar refractivity (Wildman–Crippen MR) is 84.7 cm³/mol. The number of nitrogens with one attached hydrogen (secondary N) is 2. The van der Waals surface area contributed by atoms with Crippen LogP contribution in [0.4, 0.5) is 0 Å². The minimum Gasteiger partial charge on any atom is -0.339 e. The third kappa shape index (κ3) is 2.72. The fraction of sp³-hybridized carbons (Fsp3) is 0.500. The molecule has 2 bridgehead atoms. The number of carbonyl (C=O) groups excluding carboxylic acids is 1. The molecule has 0 aromatic carbocycles. The smallest absolute Gasteiger partial charge is 0.256 e. The zero-order valence-corrected chi connectivity index (χ0v) is 13.1. The molecule has 1 amide bonds. The van der Waals surface area contributed by atoms with E-state index in [4.69, 9.17) is 0 Å². The molecule has 2 aliphatic heterocycles. The molecular formula is C16H20N6O. The molecule has 0 aliphatic carbocycles. The van der Waals surface area contributed by atoms with Crippen molar-refractivity contribution in [1.82, 2.24) is 30.4 Å². The van der Waals surface area contributed by atoms with Crippen LogP contribution in [-0.2, 0) is 0 Å². The van der Waals surface area contributed by atoms with Crippen molar-refractivity contribution in [2.24, 2.45) is 0 Å². The van der Waals surface area contributed by atoms with Gasteiger partial charge in [0.15, 0.2) is 5.82 Å². The lowest BCUT2D eigenvalue weighted by atomic mass is 9.98. The summed E-state index contributed by atoms with van der Waals surface area (Å²) in [5, 5.41) is 10.3. The van der Waals surface area contributed by atoms with Crippen molar-refractivity contribution in [2.75, 3.05) is 7.05 Å². The minimum atomic E-state index is -0.00698. The van der Waals surface area contributed by atoms with Crippen LogP contribution < -0.4 is 5.32 Å². The Kier molecular flexibility index (Phi) is 3.57. The van der Waals surface area contributed by atoms with E-state index in [0.29, 0.717) is 29.5 Å². The van der Waals surface area contributed by atoms with E-state index in [1.165, 1.54) is 12.8 Å². The van der Waals surface area contributed by atoms with E-state index < -0.39 is 0 Å². The summed E-state index contributed by atoms with van der Waals surface area (Å²) in [7, 11) is 1.89. The first-order valence-electron chi connectivity index (χ1n) is 8.05. The summed E-state index contributed by atoms with van der Waals surface area (Å²) in [5.41, 5.74) is 1.27. The summed E-state index contributed by atoms with van der Waals surface area (Å²) in [6.07, 6.45) is 9.36. The molecule has 23 heavy (non-hydrogen) atoms. The van der Waals surface area contributed by atoms with Crippen LogP contribution in [0.1, 0.15) is 36.0 Å². The van der Waals surface area contributed by atoms with Crippen LogP contribution in [0.15, 0.2) is 24.7 Å². The summed E-state index contributed by atoms with van der Waals surface area (Å²) < 4.78 is 0. The van der Waals surface area contributed by atoms with Crippen LogP contribution in [0.2, 0.25) is 0 Å². The average Bonchev–Trinajstić information content (AvgIpc) is 3.23. The van der Waals surface area contributed by atoms with Gasteiger partial charge in [-0.15, -0.1) is 0 Å². The van der Waals surface area contributed by atoms with Crippen molar-refractivity contribution in [3.63, 3.8) is 0 Å². The highest BCUT2D eigenvalue weighted by molar-refractivity contribution is 5.93. The molecule has 2 aromatic rings. The van der Waals surface area contributed by atoms with Gasteiger partial charge in [-0.2, -0.15) is 5.10 Å². The number of carbonyl (C=O) groups is 1. The lowest BCUT2D eigenvalue weighted by molar-refractivity contribution is 0.0681. The number of aromatic amines is 1. The van der Waals surface area contributed by atoms with Gasteiger partial charge in [0.05, 0.1) is 5.56 Å². The summed E-state index contributed by atoms with van der Waals surface area (Å²) >= 11 is 0. The van der Waals surface area contributed by atoms with Crippen molar-refractivity contribution in [2.45, 2.75) is 43.8 Å². The monoisotopic (exact) mass is 312 g/mol. The molecule has 0 spiro atoms. The molecule has 4 rings (SSSR count). The first kappa shape index (κ1) is 14.3. The summed E-state index contributed by atoms with van der Waals surface area (Å²) in [5.74, 6) is 0.536. The molecule has 2 N–H and O–H groups in total. The van der Waals surface area contributed by atoms with Crippen LogP contribution in [0.5, 0.6) is 0 Å². The van der Waals surface area contributed by atoms with Crippen molar-refractivity contribution in [3.8, 4) is 11.5 Å². The number of hydrogen-bond donors (Lipinski definition) is 2. The van der Waals surface area contributed by atoms with E-state index in [1.807, 2.05) is 11.9 Å². The lowest BCUT2D eigenvalue weighted by Crippen LogP contribution is -2.48. The Labute approximate surface area is 134 Å². The quantitative estimate of drug-likeness (QED) is 0.890. The van der Waals surface area contributed by atoms with Crippen molar-refractivity contribution >= 4 is 5.91 Å². The number of piperidine rings is 1. The summed E-state index contributed by atoms with van der Waals surface area (Å²) in [4.78, 5) is 23.1. The maximum atomic E-state index is 12.7. The molecule has 2 aliphatic rings. The molecule has 0 saturated carbocycles. The van der Waals surface area contributed by atoms with E-state index in [-0.39, 0.29) is 5.91 Å². The second-order valence-electron chi connectivity index (χ2n) is 6.44. The van der Waals surface area contributed by atoms with Gasteiger partial charge in [-0.1, -0.05) is 0 Å². The number of hydrogen-bond acceptors (Lipinski definition) is 5. The van der Waals surface area contributed by atoms with Gasteiger partial charge in [0.25, 0.3) is 5.91 Å². The Morgan fingerprint density at radius 2 is 1.91 bits per heavy atom. The van der Waals surface area contributed by atoms with Gasteiger partial charge in [0, 0.05) is 43.8 Å². The largest absolute Gasteiger partial charge is 0.339 e. The van der Waals surface area contributed by atoms with Gasteiger partial charge in [-0.25, -0.2) is 9.97 Å². The van der Waals surface area contributed by atoms with Gasteiger partial charge in [-0.05, 0) is 31.7 Å². The fourth-order valence-electron chi connectivity index (χ4n) is 3.67. The maximum Gasteiger partial charge on any atom is 0.256 e. The van der Waals surface area contributed by atoms with Gasteiger partial charge < -0.3 is 10.2 Å². The molecule has 2 aromatic heterocycles. The Hall–Kier alpha value is -2.28. The van der Waals surface area contributed by atoms with Gasteiger partial charge >= 0.3 is 0 Å². The lowest BCUT2D eigenvalue weighted by Gasteiger charge is -2.35. The molecule has 120 valence electrons. The van der Waals surface area contributed by atoms with E-state index >= 15 is 0 Å². The van der Waals surface area contributed by atoms with Crippen molar-refractivity contribution in [1.29, 1.82) is 0 Å². The minimum absolute atomic E-state index is 0.00698. The molecule has 3 atom stereocenters. The van der Waals surface area contributed by atoms with E-state index in [1.54, 1.807) is 24.7 Å². The Balaban J connectivity index is 1.48. The Morgan fingerprint density at radius 1 is 1.22 bits per heavy atom. The highest BCUT2D eigenvalue weighted by Crippen LogP contribution is 2.29. The van der Waals surface area contributed by atoms with Crippen LogP contribution in [0.3, 0.4) is 0 Å². The number of H-pyrrole nitrogens is 1. The molecule has 0 radical (unpaired) electrons. The van der Waals surface area contributed by atoms with Crippen molar-refractivity contribution in [3.05, 3.63) is 30.2 Å². The molecule has 4 heterocycles. The van der Waals surface area contributed by atoms with Crippen LogP contribution in [0.25, 0.3) is 11.5 Å².